The molecule has 0 unspecified atom stereocenters. The standard InChI is InChI=1S/C24H24FN5O4S/c1-2-12-34-24(31)29(22-16-35-23(27-22)17-6-8-26-9-7-17)15-18-13-21(28-10-4-3-5-11-28)19(25)14-20(18)30(32)33/h2,6-9,13-14,16H,1,3-5,10-12,15H2. The number of benzene rings is 1. The Bertz CT molecular complexity index is 1210. The van der Waals surface area contributed by atoms with Gasteiger partial charge in [-0.25, -0.2) is 14.2 Å². The molecule has 0 atom stereocenters. The highest BCUT2D eigenvalue weighted by atomic mass is 32.1. The Morgan fingerprint density at radius 3 is 2.71 bits per heavy atom. The van der Waals surface area contributed by atoms with E-state index in [-0.39, 0.29) is 24.5 Å². The van der Waals surface area contributed by atoms with Gasteiger partial charge in [0.25, 0.3) is 5.69 Å². The molecular formula is C24H24FN5O4S. The molecule has 1 saturated heterocycles. The van der Waals surface area contributed by atoms with Gasteiger partial charge in [-0.3, -0.25) is 20.0 Å². The fraction of sp³-hybridized carbons (Fsp3) is 0.292. The number of hydrogen-bond donors (Lipinski definition) is 0. The van der Waals surface area contributed by atoms with E-state index in [1.54, 1.807) is 29.9 Å². The maximum absolute atomic E-state index is 14.9. The number of rotatable bonds is 8. The van der Waals surface area contributed by atoms with Gasteiger partial charge in [-0.05, 0) is 37.5 Å². The van der Waals surface area contributed by atoms with Crippen molar-refractivity contribution in [1.82, 2.24) is 9.97 Å². The van der Waals surface area contributed by atoms with E-state index in [1.807, 2.05) is 4.90 Å². The van der Waals surface area contributed by atoms with E-state index in [0.717, 1.165) is 30.9 Å². The Morgan fingerprint density at radius 1 is 1.29 bits per heavy atom. The summed E-state index contributed by atoms with van der Waals surface area (Å²) in [6, 6.07) is 5.97. The molecule has 1 aliphatic heterocycles. The smallest absolute Gasteiger partial charge is 0.416 e. The number of carbonyl (C=O) groups excluding carboxylic acids is 1. The van der Waals surface area contributed by atoms with Gasteiger partial charge >= 0.3 is 6.09 Å². The van der Waals surface area contributed by atoms with E-state index < -0.39 is 22.5 Å². The molecule has 0 N–H and O–H groups in total. The summed E-state index contributed by atoms with van der Waals surface area (Å²) in [5, 5.41) is 14.1. The molecule has 182 valence electrons. The Hall–Kier alpha value is -3.86. The second kappa shape index (κ2) is 11.0. The molecule has 1 fully saturated rings. The highest BCUT2D eigenvalue weighted by molar-refractivity contribution is 7.13. The fourth-order valence-corrected chi connectivity index (χ4v) is 4.72. The summed E-state index contributed by atoms with van der Waals surface area (Å²) in [4.78, 5) is 35.7. The maximum Gasteiger partial charge on any atom is 0.416 e. The third-order valence-electron chi connectivity index (χ3n) is 5.61. The van der Waals surface area contributed by atoms with Crippen LogP contribution in [0.25, 0.3) is 10.6 Å². The lowest BCUT2D eigenvalue weighted by Gasteiger charge is -2.29. The zero-order valence-corrected chi connectivity index (χ0v) is 19.7. The molecule has 0 spiro atoms. The van der Waals surface area contributed by atoms with Crippen molar-refractivity contribution in [3.63, 3.8) is 0 Å². The van der Waals surface area contributed by atoms with Crippen LogP contribution in [0.15, 0.2) is 54.7 Å². The number of pyridine rings is 1. The monoisotopic (exact) mass is 497 g/mol. The van der Waals surface area contributed by atoms with Crippen LogP contribution in [0.2, 0.25) is 0 Å². The van der Waals surface area contributed by atoms with Crippen molar-refractivity contribution in [1.29, 1.82) is 0 Å². The number of thiazole rings is 1. The number of piperidine rings is 1. The topological polar surface area (TPSA) is 102 Å². The zero-order valence-electron chi connectivity index (χ0n) is 18.9. The van der Waals surface area contributed by atoms with Crippen molar-refractivity contribution in [2.75, 3.05) is 29.5 Å². The number of nitrogens with zero attached hydrogens (tertiary/aromatic N) is 5. The van der Waals surface area contributed by atoms with Crippen molar-refractivity contribution in [3.05, 3.63) is 76.2 Å². The van der Waals surface area contributed by atoms with Gasteiger partial charge in [0.2, 0.25) is 0 Å². The van der Waals surface area contributed by atoms with E-state index in [2.05, 4.69) is 16.5 Å². The van der Waals surface area contributed by atoms with Crippen LogP contribution < -0.4 is 9.80 Å². The molecule has 3 heterocycles. The van der Waals surface area contributed by atoms with Crippen LogP contribution >= 0.6 is 11.3 Å². The largest absolute Gasteiger partial charge is 0.445 e. The van der Waals surface area contributed by atoms with Gasteiger partial charge < -0.3 is 9.64 Å². The van der Waals surface area contributed by atoms with Gasteiger partial charge in [0.05, 0.1) is 28.8 Å². The normalized spacial score (nSPS) is 13.3. The third kappa shape index (κ3) is 5.62. The summed E-state index contributed by atoms with van der Waals surface area (Å²) in [6.07, 6.45) is 6.85. The predicted molar refractivity (Wildman–Crippen MR) is 132 cm³/mol. The van der Waals surface area contributed by atoms with E-state index in [4.69, 9.17) is 4.74 Å². The lowest BCUT2D eigenvalue weighted by molar-refractivity contribution is -0.385. The second-order valence-electron chi connectivity index (χ2n) is 7.94. The molecule has 9 nitrogen and oxygen atoms in total. The quantitative estimate of drug-likeness (QED) is 0.228. The summed E-state index contributed by atoms with van der Waals surface area (Å²) in [6.45, 7) is 4.63. The minimum absolute atomic E-state index is 0.0405. The van der Waals surface area contributed by atoms with Gasteiger partial charge in [0.15, 0.2) is 5.82 Å². The number of nitro groups is 1. The molecule has 0 bridgehead atoms. The van der Waals surface area contributed by atoms with Crippen LogP contribution in [0.1, 0.15) is 24.8 Å². The number of nitro benzene ring substituents is 1. The molecule has 4 rings (SSSR count). The van der Waals surface area contributed by atoms with E-state index in [9.17, 15) is 19.3 Å². The lowest BCUT2D eigenvalue weighted by Crippen LogP contribution is -2.33. The molecule has 3 aromatic rings. The molecule has 35 heavy (non-hydrogen) atoms. The Morgan fingerprint density at radius 2 is 2.03 bits per heavy atom. The molecule has 0 aliphatic carbocycles. The molecule has 1 aromatic carbocycles. The van der Waals surface area contributed by atoms with E-state index in [0.29, 0.717) is 23.8 Å². The molecule has 2 aromatic heterocycles. The van der Waals surface area contributed by atoms with Crippen molar-refractivity contribution in [2.45, 2.75) is 25.8 Å². The number of halogens is 1. The summed E-state index contributed by atoms with van der Waals surface area (Å²) in [7, 11) is 0. The maximum atomic E-state index is 14.9. The van der Waals surface area contributed by atoms with Gasteiger partial charge in [0.1, 0.15) is 17.4 Å². The summed E-state index contributed by atoms with van der Waals surface area (Å²) in [5.41, 5.74) is 0.886. The second-order valence-corrected chi connectivity index (χ2v) is 8.79. The number of ether oxygens (including phenoxy) is 1. The first kappa shape index (κ1) is 24.3. The summed E-state index contributed by atoms with van der Waals surface area (Å²) < 4.78 is 20.1. The molecule has 11 heteroatoms. The van der Waals surface area contributed by atoms with Gasteiger partial charge in [0, 0.05) is 36.4 Å². The van der Waals surface area contributed by atoms with Crippen molar-refractivity contribution in [3.8, 4) is 10.6 Å². The average Bonchev–Trinajstić information content (AvgIpc) is 3.37. The molecule has 0 saturated carbocycles. The molecule has 0 radical (unpaired) electrons. The Labute approximate surface area is 205 Å². The highest BCUT2D eigenvalue weighted by Gasteiger charge is 2.28. The number of anilines is 2. The number of amides is 1. The summed E-state index contributed by atoms with van der Waals surface area (Å²) in [5.74, 6) is -0.384. The fourth-order valence-electron chi connectivity index (χ4n) is 3.90. The average molecular weight is 498 g/mol. The number of hydrogen-bond acceptors (Lipinski definition) is 8. The Balaban J connectivity index is 1.72. The summed E-state index contributed by atoms with van der Waals surface area (Å²) >= 11 is 1.31. The van der Waals surface area contributed by atoms with Crippen LogP contribution in [0, 0.1) is 15.9 Å². The van der Waals surface area contributed by atoms with Gasteiger partial charge in [-0.15, -0.1) is 11.3 Å². The van der Waals surface area contributed by atoms with Gasteiger partial charge in [-0.2, -0.15) is 0 Å². The minimum Gasteiger partial charge on any atom is -0.445 e. The van der Waals surface area contributed by atoms with Crippen LogP contribution in [-0.4, -0.2) is 40.7 Å². The predicted octanol–water partition coefficient (Wildman–Crippen LogP) is 5.57. The number of carbonyl (C=O) groups is 1. The molecule has 1 aliphatic rings. The minimum atomic E-state index is -0.741. The van der Waals surface area contributed by atoms with Crippen LogP contribution in [0.3, 0.4) is 0 Å². The van der Waals surface area contributed by atoms with Crippen LogP contribution in [0.5, 0.6) is 0 Å². The van der Waals surface area contributed by atoms with E-state index in [1.165, 1.54) is 28.4 Å². The lowest BCUT2D eigenvalue weighted by atomic mass is 10.1. The SMILES string of the molecule is C=CCOC(=O)N(Cc1cc(N2CCCCC2)c(F)cc1[N+](=O)[O-])c1csc(-c2ccncc2)n1. The zero-order chi connectivity index (χ0) is 24.8. The van der Waals surface area contributed by atoms with Gasteiger partial charge in [-0.1, -0.05) is 12.7 Å². The van der Waals surface area contributed by atoms with Crippen LogP contribution in [-0.2, 0) is 11.3 Å². The first-order valence-electron chi connectivity index (χ1n) is 11.1. The number of aromatic nitrogens is 2. The third-order valence-corrected chi connectivity index (χ3v) is 6.49. The first-order chi connectivity index (χ1) is 17.0. The first-order valence-corrected chi connectivity index (χ1v) is 12.0. The van der Waals surface area contributed by atoms with Crippen molar-refractivity contribution >= 4 is 34.6 Å². The Kier molecular flexibility index (Phi) is 7.66. The van der Waals surface area contributed by atoms with Crippen molar-refractivity contribution in [2.24, 2.45) is 0 Å². The molecular weight excluding hydrogens is 473 g/mol. The highest BCUT2D eigenvalue weighted by Crippen LogP contribution is 2.34. The van der Waals surface area contributed by atoms with Crippen LogP contribution in [0.4, 0.5) is 26.4 Å². The molecule has 1 amide bonds. The van der Waals surface area contributed by atoms with Crippen molar-refractivity contribution < 1.29 is 18.8 Å². The van der Waals surface area contributed by atoms with E-state index >= 15 is 0 Å².